The van der Waals surface area contributed by atoms with E-state index in [1.54, 1.807) is 32.3 Å². The lowest BCUT2D eigenvalue weighted by Gasteiger charge is -2.22. The van der Waals surface area contributed by atoms with Gasteiger partial charge in [-0.2, -0.15) is 0 Å². The van der Waals surface area contributed by atoms with E-state index in [1.165, 1.54) is 11.0 Å². The van der Waals surface area contributed by atoms with Crippen LogP contribution < -0.4 is 10.0 Å². The van der Waals surface area contributed by atoms with E-state index in [0.29, 0.717) is 0 Å². The second kappa shape index (κ2) is 7.19. The molecule has 1 aliphatic rings. The molecule has 0 saturated heterocycles. The lowest BCUT2D eigenvalue weighted by molar-refractivity contribution is 0.208. The number of allylic oxidation sites excluding steroid dienone is 1. The number of aliphatic hydroxyl groups excluding tert-OH is 1. The number of nitrogens with zero attached hydrogens (tertiary/aromatic N) is 2. The van der Waals surface area contributed by atoms with Crippen molar-refractivity contribution in [3.63, 3.8) is 0 Å². The molecule has 1 aliphatic heterocycles. The van der Waals surface area contributed by atoms with Crippen molar-refractivity contribution in [2.24, 2.45) is 4.99 Å². The van der Waals surface area contributed by atoms with Crippen molar-refractivity contribution < 1.29 is 18.3 Å². The first-order chi connectivity index (χ1) is 11.1. The van der Waals surface area contributed by atoms with E-state index < -0.39 is 21.6 Å². The minimum atomic E-state index is -3.87. The molecule has 2 heterocycles. The monoisotopic (exact) mass is 392 g/mol. The second-order valence-corrected chi connectivity index (χ2v) is 9.18. The number of carbonyl (C=O) groups is 1. The Bertz CT molecular complexity index is 786. The highest BCUT2D eigenvalue weighted by Gasteiger charge is 2.28. The van der Waals surface area contributed by atoms with Gasteiger partial charge in [-0.3, -0.25) is 9.89 Å². The molecule has 0 fully saturated rings. The van der Waals surface area contributed by atoms with E-state index in [0.717, 1.165) is 11.3 Å². The summed E-state index contributed by atoms with van der Waals surface area (Å²) >= 11 is 6.85. The average Bonchev–Trinajstić information content (AvgIpc) is 2.89. The largest absolute Gasteiger partial charge is 0.394 e. The van der Waals surface area contributed by atoms with Crippen LogP contribution in [0.5, 0.6) is 0 Å². The SMILES string of the molecule is CC(C)(CO)NS(=O)(=O)c1cc(NC(=O)N2C=CC=NC2)c(Cl)s1. The van der Waals surface area contributed by atoms with Crippen LogP contribution in [-0.4, -0.2) is 49.5 Å². The standard InChI is InChI=1S/C13H17ClN4O4S2/c1-13(2,7-19)17-24(21,22)10-6-9(11(14)23-10)16-12(20)18-5-3-4-15-8-18/h3-6,17,19H,7-8H2,1-2H3,(H,16,20). The zero-order valence-electron chi connectivity index (χ0n) is 13.0. The average molecular weight is 393 g/mol. The topological polar surface area (TPSA) is 111 Å². The minimum Gasteiger partial charge on any atom is -0.394 e. The van der Waals surface area contributed by atoms with Gasteiger partial charge in [0.25, 0.3) is 10.0 Å². The Hall–Kier alpha value is -1.46. The first kappa shape index (κ1) is 18.9. The van der Waals surface area contributed by atoms with Gasteiger partial charge in [0, 0.05) is 12.4 Å². The molecule has 1 aromatic heterocycles. The Labute approximate surface area is 148 Å². The number of nitrogens with one attached hydrogen (secondary N) is 2. The third-order valence-corrected chi connectivity index (χ3v) is 6.46. The lowest BCUT2D eigenvalue weighted by Crippen LogP contribution is -2.45. The number of amides is 2. The lowest BCUT2D eigenvalue weighted by atomic mass is 10.1. The van der Waals surface area contributed by atoms with Gasteiger partial charge in [0.1, 0.15) is 15.2 Å². The molecular weight excluding hydrogens is 376 g/mol. The summed E-state index contributed by atoms with van der Waals surface area (Å²) in [5.74, 6) is 0. The Morgan fingerprint density at radius 2 is 2.25 bits per heavy atom. The van der Waals surface area contributed by atoms with E-state index in [2.05, 4.69) is 15.0 Å². The van der Waals surface area contributed by atoms with Gasteiger partial charge in [-0.05, 0) is 26.0 Å². The van der Waals surface area contributed by atoms with E-state index in [1.807, 2.05) is 0 Å². The number of thiophene rings is 1. The molecule has 11 heteroatoms. The van der Waals surface area contributed by atoms with Crippen LogP contribution in [-0.2, 0) is 10.0 Å². The number of aliphatic hydroxyl groups is 1. The maximum absolute atomic E-state index is 12.3. The molecule has 24 heavy (non-hydrogen) atoms. The van der Waals surface area contributed by atoms with Crippen molar-refractivity contribution in [2.45, 2.75) is 23.6 Å². The molecule has 2 amide bonds. The van der Waals surface area contributed by atoms with Crippen LogP contribution >= 0.6 is 22.9 Å². The first-order valence-electron chi connectivity index (χ1n) is 6.83. The van der Waals surface area contributed by atoms with Gasteiger partial charge >= 0.3 is 6.03 Å². The van der Waals surface area contributed by atoms with Crippen LogP contribution in [0.4, 0.5) is 10.5 Å². The predicted molar refractivity (Wildman–Crippen MR) is 94.2 cm³/mol. The maximum atomic E-state index is 12.3. The number of carbonyl (C=O) groups excluding carboxylic acids is 1. The molecule has 8 nitrogen and oxygen atoms in total. The molecule has 0 bridgehead atoms. The fraction of sp³-hybridized carbons (Fsp3) is 0.385. The third kappa shape index (κ3) is 4.54. The Kier molecular flexibility index (Phi) is 5.66. The zero-order chi connectivity index (χ0) is 18.0. The predicted octanol–water partition coefficient (Wildman–Crippen LogP) is 1.84. The first-order valence-corrected chi connectivity index (χ1v) is 9.51. The zero-order valence-corrected chi connectivity index (χ0v) is 15.4. The van der Waals surface area contributed by atoms with Gasteiger partial charge in [0.2, 0.25) is 0 Å². The number of urea groups is 1. The van der Waals surface area contributed by atoms with E-state index in [9.17, 15) is 18.3 Å². The molecule has 3 N–H and O–H groups in total. The summed E-state index contributed by atoms with van der Waals surface area (Å²) in [6.45, 7) is 2.90. The molecule has 0 saturated carbocycles. The fourth-order valence-electron chi connectivity index (χ4n) is 1.72. The van der Waals surface area contributed by atoms with Crippen molar-refractivity contribution in [1.29, 1.82) is 0 Å². The molecule has 0 unspecified atom stereocenters. The highest BCUT2D eigenvalue weighted by molar-refractivity contribution is 7.91. The van der Waals surface area contributed by atoms with Gasteiger partial charge in [-0.1, -0.05) is 11.6 Å². The summed E-state index contributed by atoms with van der Waals surface area (Å²) < 4.78 is 27.1. The van der Waals surface area contributed by atoms with Crippen molar-refractivity contribution in [3.05, 3.63) is 22.7 Å². The van der Waals surface area contributed by atoms with Gasteiger partial charge in [0.05, 0.1) is 17.8 Å². The Morgan fingerprint density at radius 3 is 2.83 bits per heavy atom. The summed E-state index contributed by atoms with van der Waals surface area (Å²) in [6.07, 6.45) is 4.72. The summed E-state index contributed by atoms with van der Waals surface area (Å²) in [4.78, 5) is 17.3. The molecule has 0 spiro atoms. The minimum absolute atomic E-state index is 0.0588. The number of hydrogen-bond donors (Lipinski definition) is 3. The van der Waals surface area contributed by atoms with Gasteiger partial charge in [0.15, 0.2) is 0 Å². The smallest absolute Gasteiger partial charge is 0.327 e. The van der Waals surface area contributed by atoms with Crippen molar-refractivity contribution in [1.82, 2.24) is 9.62 Å². The van der Waals surface area contributed by atoms with E-state index in [-0.39, 0.29) is 27.5 Å². The summed E-state index contributed by atoms with van der Waals surface area (Å²) in [6, 6.07) is 0.799. The summed E-state index contributed by atoms with van der Waals surface area (Å²) in [5.41, 5.74) is -0.827. The summed E-state index contributed by atoms with van der Waals surface area (Å²) in [5, 5.41) is 11.7. The van der Waals surface area contributed by atoms with Gasteiger partial charge in [-0.25, -0.2) is 17.9 Å². The second-order valence-electron chi connectivity index (χ2n) is 5.61. The third-order valence-electron chi connectivity index (χ3n) is 2.93. The molecular formula is C13H17ClN4O4S2. The molecule has 0 radical (unpaired) electrons. The van der Waals surface area contributed by atoms with Crippen molar-refractivity contribution >= 4 is 50.9 Å². The van der Waals surface area contributed by atoms with E-state index >= 15 is 0 Å². The van der Waals surface area contributed by atoms with Crippen LogP contribution in [0.25, 0.3) is 0 Å². The number of aliphatic imine (C=N–C) groups is 1. The fourth-order valence-corrected chi connectivity index (χ4v) is 4.76. The number of halogens is 1. The molecule has 132 valence electrons. The summed E-state index contributed by atoms with van der Waals surface area (Å²) in [7, 11) is -3.87. The normalized spacial score (nSPS) is 14.9. The maximum Gasteiger partial charge on any atom is 0.327 e. The number of hydrogen-bond acceptors (Lipinski definition) is 6. The molecule has 0 aromatic carbocycles. The van der Waals surface area contributed by atoms with Crippen LogP contribution in [0, 0.1) is 0 Å². The molecule has 0 aliphatic carbocycles. The Balaban J connectivity index is 2.16. The van der Waals surface area contributed by atoms with Gasteiger partial charge in [-0.15, -0.1) is 11.3 Å². The van der Waals surface area contributed by atoms with E-state index in [4.69, 9.17) is 11.6 Å². The van der Waals surface area contributed by atoms with Crippen molar-refractivity contribution in [2.75, 3.05) is 18.6 Å². The van der Waals surface area contributed by atoms with Crippen molar-refractivity contribution in [3.8, 4) is 0 Å². The highest BCUT2D eigenvalue weighted by atomic mass is 35.5. The number of rotatable bonds is 5. The molecule has 2 rings (SSSR count). The number of sulfonamides is 1. The molecule has 1 aromatic rings. The van der Waals surface area contributed by atoms with Gasteiger partial charge < -0.3 is 10.4 Å². The van der Waals surface area contributed by atoms with Crippen LogP contribution in [0.15, 0.2) is 27.5 Å². The van der Waals surface area contributed by atoms with Crippen LogP contribution in [0.2, 0.25) is 4.34 Å². The quantitative estimate of drug-likeness (QED) is 0.709. The van der Waals surface area contributed by atoms with Crippen LogP contribution in [0.1, 0.15) is 13.8 Å². The Morgan fingerprint density at radius 1 is 1.54 bits per heavy atom. The number of anilines is 1. The molecule has 0 atom stereocenters. The highest BCUT2D eigenvalue weighted by Crippen LogP contribution is 2.35. The van der Waals surface area contributed by atoms with Crippen LogP contribution in [0.3, 0.4) is 0 Å².